The minimum atomic E-state index is -0.750. The van der Waals surface area contributed by atoms with Gasteiger partial charge >= 0.3 is 5.97 Å². The molecule has 6 heteroatoms. The molecule has 1 rings (SSSR count). The molecule has 0 spiro atoms. The number of carboxylic acids is 1. The first-order valence-corrected chi connectivity index (χ1v) is 7.59. The number of carboxylic acid groups (broad SMARTS) is 1. The third kappa shape index (κ3) is 6.11. The fourth-order valence-electron chi connectivity index (χ4n) is 2.21. The average molecular weight is 308 g/mol. The molecule has 0 saturated heterocycles. The number of hydrogen-bond donors (Lipinski definition) is 2. The van der Waals surface area contributed by atoms with Gasteiger partial charge in [0.2, 0.25) is 0 Å². The van der Waals surface area contributed by atoms with Gasteiger partial charge in [-0.2, -0.15) is 0 Å². The van der Waals surface area contributed by atoms with E-state index in [1.165, 1.54) is 6.92 Å². The van der Waals surface area contributed by atoms with Gasteiger partial charge in [-0.3, -0.25) is 14.4 Å². The summed E-state index contributed by atoms with van der Waals surface area (Å²) < 4.78 is 1.65. The summed E-state index contributed by atoms with van der Waals surface area (Å²) in [6.07, 6.45) is 6.29. The normalized spacial score (nSPS) is 10.5. The number of aryl methyl sites for hydroxylation is 1. The molecule has 0 aliphatic heterocycles. The Hall–Kier alpha value is -2.11. The van der Waals surface area contributed by atoms with Gasteiger partial charge in [0.15, 0.2) is 5.78 Å². The van der Waals surface area contributed by atoms with Crippen molar-refractivity contribution in [3.05, 3.63) is 23.5 Å². The van der Waals surface area contributed by atoms with Crippen LogP contribution >= 0.6 is 0 Å². The first-order valence-electron chi connectivity index (χ1n) is 7.59. The number of carbonyl (C=O) groups is 3. The molecule has 0 fully saturated rings. The molecule has 2 N–H and O–H groups in total. The van der Waals surface area contributed by atoms with Gasteiger partial charge in [0.25, 0.3) is 5.91 Å². The summed E-state index contributed by atoms with van der Waals surface area (Å²) in [6, 6.07) is 1.60. The van der Waals surface area contributed by atoms with Gasteiger partial charge in [0.05, 0.1) is 0 Å². The lowest BCUT2D eigenvalue weighted by Crippen LogP contribution is -2.26. The van der Waals surface area contributed by atoms with Crippen LogP contribution in [0.15, 0.2) is 12.3 Å². The van der Waals surface area contributed by atoms with E-state index in [1.807, 2.05) is 0 Å². The molecule has 6 nitrogen and oxygen atoms in total. The monoisotopic (exact) mass is 308 g/mol. The van der Waals surface area contributed by atoms with Crippen LogP contribution in [0.5, 0.6) is 0 Å². The zero-order chi connectivity index (χ0) is 16.5. The molecule has 0 aliphatic carbocycles. The molecular weight excluding hydrogens is 284 g/mol. The van der Waals surface area contributed by atoms with E-state index in [9.17, 15) is 14.4 Å². The van der Waals surface area contributed by atoms with E-state index in [-0.39, 0.29) is 18.1 Å². The summed E-state index contributed by atoms with van der Waals surface area (Å²) in [4.78, 5) is 33.6. The van der Waals surface area contributed by atoms with Crippen LogP contribution in [0.2, 0.25) is 0 Å². The lowest BCUT2D eigenvalue weighted by Gasteiger charge is -2.06. The Bertz CT molecular complexity index is 534. The number of aliphatic carboxylic acids is 1. The molecule has 0 aromatic carbocycles. The van der Waals surface area contributed by atoms with Gasteiger partial charge in [0.1, 0.15) is 5.69 Å². The van der Waals surface area contributed by atoms with Crippen LogP contribution in [-0.4, -0.2) is 33.9 Å². The minimum absolute atomic E-state index is 0.0592. The number of carbonyl (C=O) groups excluding carboxylic acids is 2. The first-order chi connectivity index (χ1) is 10.4. The molecular formula is C16H24N2O4. The largest absolute Gasteiger partial charge is 0.481 e. The molecule has 1 aromatic heterocycles. The molecule has 0 saturated carbocycles. The average Bonchev–Trinajstić information content (AvgIpc) is 2.83. The number of Topliss-reactive ketones (excluding diaryl/α,β-unsaturated/α-hetero) is 1. The van der Waals surface area contributed by atoms with Crippen LogP contribution in [-0.2, 0) is 11.8 Å². The summed E-state index contributed by atoms with van der Waals surface area (Å²) in [5.41, 5.74) is 1.01. The number of ketones is 1. The Morgan fingerprint density at radius 3 is 2.36 bits per heavy atom. The van der Waals surface area contributed by atoms with E-state index in [2.05, 4.69) is 5.32 Å². The topological polar surface area (TPSA) is 88.4 Å². The molecule has 22 heavy (non-hydrogen) atoms. The Morgan fingerprint density at radius 1 is 1.14 bits per heavy atom. The summed E-state index contributed by atoms with van der Waals surface area (Å²) in [6.45, 7) is 2.06. The highest BCUT2D eigenvalue weighted by Gasteiger charge is 2.13. The highest BCUT2D eigenvalue weighted by Crippen LogP contribution is 2.08. The quantitative estimate of drug-likeness (QED) is 0.513. The van der Waals surface area contributed by atoms with Crippen molar-refractivity contribution in [1.29, 1.82) is 0 Å². The molecule has 1 heterocycles. The highest BCUT2D eigenvalue weighted by molar-refractivity contribution is 5.99. The van der Waals surface area contributed by atoms with Gasteiger partial charge in [-0.25, -0.2) is 0 Å². The fraction of sp³-hybridized carbons (Fsp3) is 0.562. The molecule has 0 bridgehead atoms. The third-order valence-electron chi connectivity index (χ3n) is 3.50. The SMILES string of the molecule is CC(=O)c1cc(C(=O)NCCCCCCCC(=O)O)n(C)c1. The van der Waals surface area contributed by atoms with E-state index in [0.717, 1.165) is 25.7 Å². The van der Waals surface area contributed by atoms with Crippen molar-refractivity contribution in [2.75, 3.05) is 6.54 Å². The zero-order valence-corrected chi connectivity index (χ0v) is 13.2. The highest BCUT2D eigenvalue weighted by atomic mass is 16.4. The van der Waals surface area contributed by atoms with Gasteiger partial charge in [-0.1, -0.05) is 19.3 Å². The van der Waals surface area contributed by atoms with Crippen LogP contribution in [0, 0.1) is 0 Å². The van der Waals surface area contributed by atoms with Crippen molar-refractivity contribution < 1.29 is 19.5 Å². The van der Waals surface area contributed by atoms with Crippen LogP contribution in [0.1, 0.15) is 66.3 Å². The maximum Gasteiger partial charge on any atom is 0.303 e. The fourth-order valence-corrected chi connectivity index (χ4v) is 2.21. The van der Waals surface area contributed by atoms with Crippen molar-refractivity contribution in [3.8, 4) is 0 Å². The Morgan fingerprint density at radius 2 is 1.77 bits per heavy atom. The van der Waals surface area contributed by atoms with Crippen molar-refractivity contribution >= 4 is 17.7 Å². The van der Waals surface area contributed by atoms with Crippen LogP contribution in [0.3, 0.4) is 0 Å². The first kappa shape index (κ1) is 17.9. The standard InChI is InChI=1S/C16H24N2O4/c1-12(19)13-10-14(18(2)11-13)16(22)17-9-7-5-3-4-6-8-15(20)21/h10-11H,3-9H2,1-2H3,(H,17,22)(H,20,21). The lowest BCUT2D eigenvalue weighted by molar-refractivity contribution is -0.137. The number of nitrogens with zero attached hydrogens (tertiary/aromatic N) is 1. The number of rotatable bonds is 10. The Labute approximate surface area is 130 Å². The molecule has 0 atom stereocenters. The van der Waals surface area contributed by atoms with Gasteiger partial charge < -0.3 is 15.0 Å². The zero-order valence-electron chi connectivity index (χ0n) is 13.2. The molecule has 0 radical (unpaired) electrons. The summed E-state index contributed by atoms with van der Waals surface area (Å²) in [5, 5.41) is 11.3. The van der Waals surface area contributed by atoms with Gasteiger partial charge in [-0.05, 0) is 25.8 Å². The second kappa shape index (κ2) is 9.02. The van der Waals surface area contributed by atoms with Crippen molar-refractivity contribution in [1.82, 2.24) is 9.88 Å². The Kier molecular flexibility index (Phi) is 7.36. The van der Waals surface area contributed by atoms with E-state index >= 15 is 0 Å². The summed E-state index contributed by atoms with van der Waals surface area (Å²) in [5.74, 6) is -0.989. The number of hydrogen-bond acceptors (Lipinski definition) is 3. The van der Waals surface area contributed by atoms with Crippen molar-refractivity contribution in [2.24, 2.45) is 7.05 Å². The van der Waals surface area contributed by atoms with E-state index in [4.69, 9.17) is 5.11 Å². The summed E-state index contributed by atoms with van der Waals surface area (Å²) in [7, 11) is 1.74. The van der Waals surface area contributed by atoms with Crippen LogP contribution in [0.4, 0.5) is 0 Å². The van der Waals surface area contributed by atoms with Crippen molar-refractivity contribution in [3.63, 3.8) is 0 Å². The van der Waals surface area contributed by atoms with Crippen LogP contribution in [0.25, 0.3) is 0 Å². The predicted octanol–water partition coefficient (Wildman–Crippen LogP) is 2.38. The number of unbranched alkanes of at least 4 members (excludes halogenated alkanes) is 4. The van der Waals surface area contributed by atoms with E-state index in [1.54, 1.807) is 23.9 Å². The van der Waals surface area contributed by atoms with E-state index < -0.39 is 5.97 Å². The second-order valence-corrected chi connectivity index (χ2v) is 5.45. The second-order valence-electron chi connectivity index (χ2n) is 5.45. The maximum absolute atomic E-state index is 12.0. The maximum atomic E-state index is 12.0. The smallest absolute Gasteiger partial charge is 0.303 e. The van der Waals surface area contributed by atoms with Gasteiger partial charge in [0, 0.05) is 31.8 Å². The summed E-state index contributed by atoms with van der Waals surface area (Å²) >= 11 is 0. The van der Waals surface area contributed by atoms with Crippen molar-refractivity contribution in [2.45, 2.75) is 45.4 Å². The predicted molar refractivity (Wildman–Crippen MR) is 83.1 cm³/mol. The lowest BCUT2D eigenvalue weighted by atomic mass is 10.1. The number of aromatic nitrogens is 1. The number of amides is 1. The number of nitrogens with one attached hydrogen (secondary N) is 1. The molecule has 0 unspecified atom stereocenters. The van der Waals surface area contributed by atoms with Gasteiger partial charge in [-0.15, -0.1) is 0 Å². The Balaban J connectivity index is 2.21. The van der Waals surface area contributed by atoms with Crippen LogP contribution < -0.4 is 5.32 Å². The minimum Gasteiger partial charge on any atom is -0.481 e. The molecule has 1 aromatic rings. The van der Waals surface area contributed by atoms with E-state index in [0.29, 0.717) is 24.2 Å². The molecule has 0 aliphatic rings. The molecule has 1 amide bonds. The third-order valence-corrected chi connectivity index (χ3v) is 3.50. The molecule has 122 valence electrons.